The summed E-state index contributed by atoms with van der Waals surface area (Å²) in [5.41, 5.74) is 1.51. The standard InChI is InChI=1S/C13H17NO6/c1-6-7(5-15)11-12(14(6)4-10(17)18)8(16)3-9(20-2)13(11)19/h3,8,13,15-16,19H,4-5H2,1-2H3,(H,17,18). The highest BCUT2D eigenvalue weighted by Gasteiger charge is 2.35. The van der Waals surface area contributed by atoms with Gasteiger partial charge in [-0.3, -0.25) is 4.79 Å². The maximum atomic E-state index is 10.9. The van der Waals surface area contributed by atoms with Gasteiger partial charge in [0.15, 0.2) is 0 Å². The smallest absolute Gasteiger partial charge is 0.323 e. The molecule has 1 aliphatic carbocycles. The van der Waals surface area contributed by atoms with Gasteiger partial charge in [-0.05, 0) is 13.0 Å². The minimum atomic E-state index is -1.13. The Bertz CT molecular complexity index is 574. The fourth-order valence-corrected chi connectivity index (χ4v) is 2.65. The average Bonchev–Trinajstić information content (AvgIpc) is 2.67. The molecule has 110 valence electrons. The molecule has 0 spiro atoms. The van der Waals surface area contributed by atoms with Gasteiger partial charge in [-0.1, -0.05) is 0 Å². The monoisotopic (exact) mass is 283 g/mol. The normalized spacial score (nSPS) is 21.4. The fourth-order valence-electron chi connectivity index (χ4n) is 2.65. The maximum absolute atomic E-state index is 10.9. The molecule has 0 aliphatic heterocycles. The quantitative estimate of drug-likeness (QED) is 0.618. The SMILES string of the molecule is COC1=CC(O)c2c(c(CO)c(C)n2CC(=O)O)C1O. The minimum absolute atomic E-state index is 0.173. The van der Waals surface area contributed by atoms with Crippen LogP contribution in [0, 0.1) is 6.92 Å². The average molecular weight is 283 g/mol. The van der Waals surface area contributed by atoms with Crippen LogP contribution in [-0.2, 0) is 22.7 Å². The predicted molar refractivity (Wildman–Crippen MR) is 67.7 cm³/mol. The summed E-state index contributed by atoms with van der Waals surface area (Å²) in [6.07, 6.45) is -0.901. The number of hydrogen-bond acceptors (Lipinski definition) is 5. The molecule has 0 bridgehead atoms. The van der Waals surface area contributed by atoms with Crippen LogP contribution in [0.2, 0.25) is 0 Å². The Balaban J connectivity index is 2.66. The van der Waals surface area contributed by atoms with Gasteiger partial charge in [0, 0.05) is 16.8 Å². The Kier molecular flexibility index (Phi) is 3.85. The van der Waals surface area contributed by atoms with Crippen molar-refractivity contribution in [1.82, 2.24) is 4.57 Å². The van der Waals surface area contributed by atoms with E-state index in [2.05, 4.69) is 0 Å². The largest absolute Gasteiger partial charge is 0.498 e. The fraction of sp³-hybridized carbons (Fsp3) is 0.462. The van der Waals surface area contributed by atoms with Crippen LogP contribution >= 0.6 is 0 Å². The zero-order valence-corrected chi connectivity index (χ0v) is 11.2. The molecule has 1 aromatic heterocycles. The van der Waals surface area contributed by atoms with E-state index in [9.17, 15) is 20.1 Å². The van der Waals surface area contributed by atoms with E-state index in [-0.39, 0.29) is 24.6 Å². The van der Waals surface area contributed by atoms with E-state index in [1.807, 2.05) is 0 Å². The molecule has 4 N–H and O–H groups in total. The molecule has 2 rings (SSSR count). The molecule has 1 aromatic rings. The lowest BCUT2D eigenvalue weighted by Gasteiger charge is -2.24. The number of methoxy groups -OCH3 is 1. The first-order valence-electron chi connectivity index (χ1n) is 6.08. The van der Waals surface area contributed by atoms with Crippen molar-refractivity contribution in [3.63, 3.8) is 0 Å². The van der Waals surface area contributed by atoms with E-state index in [0.29, 0.717) is 16.8 Å². The number of hydrogen-bond donors (Lipinski definition) is 4. The van der Waals surface area contributed by atoms with E-state index in [1.165, 1.54) is 17.8 Å². The molecule has 0 amide bonds. The maximum Gasteiger partial charge on any atom is 0.323 e. The molecule has 0 radical (unpaired) electrons. The molecular formula is C13H17NO6. The molecule has 7 heteroatoms. The number of rotatable bonds is 4. The highest BCUT2D eigenvalue weighted by atomic mass is 16.5. The van der Waals surface area contributed by atoms with Gasteiger partial charge < -0.3 is 29.7 Å². The van der Waals surface area contributed by atoms with E-state index in [4.69, 9.17) is 9.84 Å². The summed E-state index contributed by atoms with van der Waals surface area (Å²) < 4.78 is 6.39. The summed E-state index contributed by atoms with van der Waals surface area (Å²) >= 11 is 0. The van der Waals surface area contributed by atoms with Gasteiger partial charge in [0.2, 0.25) is 0 Å². The van der Waals surface area contributed by atoms with E-state index >= 15 is 0 Å². The summed E-state index contributed by atoms with van der Waals surface area (Å²) in [6, 6.07) is 0. The van der Waals surface area contributed by atoms with E-state index < -0.39 is 18.2 Å². The topological polar surface area (TPSA) is 112 Å². The van der Waals surface area contributed by atoms with Crippen LogP contribution in [0.5, 0.6) is 0 Å². The molecule has 2 unspecified atom stereocenters. The molecule has 2 atom stereocenters. The molecule has 20 heavy (non-hydrogen) atoms. The van der Waals surface area contributed by atoms with Gasteiger partial charge in [0.25, 0.3) is 0 Å². The van der Waals surface area contributed by atoms with Crippen molar-refractivity contribution in [2.45, 2.75) is 32.3 Å². The lowest BCUT2D eigenvalue weighted by Crippen LogP contribution is -2.20. The zero-order chi connectivity index (χ0) is 15.0. The zero-order valence-electron chi connectivity index (χ0n) is 11.2. The Morgan fingerprint density at radius 1 is 1.45 bits per heavy atom. The van der Waals surface area contributed by atoms with Crippen LogP contribution in [0.25, 0.3) is 0 Å². The first-order valence-corrected chi connectivity index (χ1v) is 6.08. The first kappa shape index (κ1) is 14.6. The third kappa shape index (κ3) is 2.09. The van der Waals surface area contributed by atoms with E-state index in [1.54, 1.807) is 6.92 Å². The number of carbonyl (C=O) groups is 1. The summed E-state index contributed by atoms with van der Waals surface area (Å²) in [7, 11) is 1.37. The lowest BCUT2D eigenvalue weighted by molar-refractivity contribution is -0.137. The number of aromatic nitrogens is 1. The predicted octanol–water partition coefficient (Wildman–Crippen LogP) is -0.0159. The van der Waals surface area contributed by atoms with Crippen LogP contribution in [-0.4, -0.2) is 38.1 Å². The third-order valence-corrected chi connectivity index (χ3v) is 3.57. The van der Waals surface area contributed by atoms with E-state index in [0.717, 1.165) is 0 Å². The molecule has 7 nitrogen and oxygen atoms in total. The Labute approximate surface area is 115 Å². The number of nitrogens with zero attached hydrogens (tertiary/aromatic N) is 1. The van der Waals surface area contributed by atoms with Crippen LogP contribution < -0.4 is 0 Å². The molecular weight excluding hydrogens is 266 g/mol. The van der Waals surface area contributed by atoms with Gasteiger partial charge in [0.1, 0.15) is 24.5 Å². The molecule has 0 aromatic carbocycles. The van der Waals surface area contributed by atoms with Crippen LogP contribution in [0.15, 0.2) is 11.8 Å². The molecule has 1 aliphatic rings. The summed E-state index contributed by atoms with van der Waals surface area (Å²) in [4.78, 5) is 10.9. The lowest BCUT2D eigenvalue weighted by atomic mass is 9.94. The molecule has 0 saturated heterocycles. The molecule has 1 heterocycles. The Morgan fingerprint density at radius 2 is 2.10 bits per heavy atom. The Hall–Kier alpha value is -1.83. The number of aliphatic carboxylic acids is 1. The summed E-state index contributed by atoms with van der Waals surface area (Å²) in [5.74, 6) is -0.897. The van der Waals surface area contributed by atoms with Crippen molar-refractivity contribution in [2.75, 3.05) is 7.11 Å². The van der Waals surface area contributed by atoms with Gasteiger partial charge in [-0.15, -0.1) is 0 Å². The number of aliphatic hydroxyl groups is 3. The third-order valence-electron chi connectivity index (χ3n) is 3.57. The minimum Gasteiger partial charge on any atom is -0.498 e. The van der Waals surface area contributed by atoms with Crippen molar-refractivity contribution >= 4 is 5.97 Å². The summed E-state index contributed by atoms with van der Waals surface area (Å²) in [6.45, 7) is 0.925. The van der Waals surface area contributed by atoms with Crippen molar-refractivity contribution in [1.29, 1.82) is 0 Å². The van der Waals surface area contributed by atoms with Crippen LogP contribution in [0.1, 0.15) is 34.7 Å². The second-order valence-electron chi connectivity index (χ2n) is 4.62. The van der Waals surface area contributed by atoms with Crippen molar-refractivity contribution < 1.29 is 30.0 Å². The highest BCUT2D eigenvalue weighted by Crippen LogP contribution is 2.40. The van der Waals surface area contributed by atoms with Gasteiger partial charge in [0.05, 0.1) is 19.4 Å². The van der Waals surface area contributed by atoms with Gasteiger partial charge >= 0.3 is 5.97 Å². The number of ether oxygens (including phenoxy) is 1. The van der Waals surface area contributed by atoms with Crippen molar-refractivity contribution in [3.8, 4) is 0 Å². The molecule has 0 fully saturated rings. The Morgan fingerprint density at radius 3 is 2.60 bits per heavy atom. The number of fused-ring (bicyclic) bond motifs is 1. The first-order chi connectivity index (χ1) is 9.42. The number of carboxylic acids is 1. The second kappa shape index (κ2) is 5.28. The number of aliphatic hydroxyl groups excluding tert-OH is 3. The van der Waals surface area contributed by atoms with Crippen molar-refractivity contribution in [3.05, 3.63) is 34.3 Å². The second-order valence-corrected chi connectivity index (χ2v) is 4.62. The number of carboxylic acid groups (broad SMARTS) is 1. The van der Waals surface area contributed by atoms with Crippen LogP contribution in [0.4, 0.5) is 0 Å². The molecule has 0 saturated carbocycles. The van der Waals surface area contributed by atoms with Gasteiger partial charge in [-0.25, -0.2) is 0 Å². The van der Waals surface area contributed by atoms with Crippen LogP contribution in [0.3, 0.4) is 0 Å². The summed E-state index contributed by atoms with van der Waals surface area (Å²) in [5, 5.41) is 38.8. The van der Waals surface area contributed by atoms with Crippen molar-refractivity contribution in [2.24, 2.45) is 0 Å². The van der Waals surface area contributed by atoms with Gasteiger partial charge in [-0.2, -0.15) is 0 Å². The highest BCUT2D eigenvalue weighted by molar-refractivity contribution is 5.67.